The fraction of sp³-hybridized carbons (Fsp3) is 0.273. The van der Waals surface area contributed by atoms with E-state index in [9.17, 15) is 9.59 Å². The maximum atomic E-state index is 12.6. The third-order valence-electron chi connectivity index (χ3n) is 4.38. The van der Waals surface area contributed by atoms with Crippen LogP contribution in [-0.2, 0) is 9.59 Å². The fourth-order valence-corrected chi connectivity index (χ4v) is 3.76. The van der Waals surface area contributed by atoms with E-state index in [1.54, 1.807) is 0 Å². The van der Waals surface area contributed by atoms with E-state index in [1.807, 2.05) is 61.7 Å². The predicted octanol–water partition coefficient (Wildman–Crippen LogP) is 5.42. The van der Waals surface area contributed by atoms with Crippen molar-refractivity contribution in [1.82, 2.24) is 4.98 Å². The van der Waals surface area contributed by atoms with Crippen molar-refractivity contribution in [2.45, 2.75) is 43.3 Å². The first-order valence-corrected chi connectivity index (χ1v) is 10.4. The molecule has 0 bridgehead atoms. The molecule has 1 unspecified atom stereocenters. The second kappa shape index (κ2) is 9.46. The number of thioether (sulfide) groups is 1. The molecule has 1 atom stereocenters. The van der Waals surface area contributed by atoms with E-state index >= 15 is 0 Å². The Morgan fingerprint density at radius 1 is 1.07 bits per heavy atom. The quantitative estimate of drug-likeness (QED) is 0.446. The van der Waals surface area contributed by atoms with Gasteiger partial charge in [0, 0.05) is 34.4 Å². The largest absolute Gasteiger partial charge is 0.361 e. The second-order valence-corrected chi connectivity index (χ2v) is 8.12. The standard InChI is InChI=1S/C22H25N3O2S/c1-3-4-8-21(26)24-17-6-5-7-19(13-17)28-15(2)22(27)25-18-10-9-16-11-12-23-20(16)14-18/h5-7,9-15,23H,3-4,8H2,1-2H3,(H,24,26)(H,25,27). The topological polar surface area (TPSA) is 74.0 Å². The molecule has 5 nitrogen and oxygen atoms in total. The van der Waals surface area contributed by atoms with E-state index in [-0.39, 0.29) is 17.1 Å². The summed E-state index contributed by atoms with van der Waals surface area (Å²) in [6.07, 6.45) is 4.28. The van der Waals surface area contributed by atoms with Gasteiger partial charge in [-0.1, -0.05) is 25.5 Å². The predicted molar refractivity (Wildman–Crippen MR) is 117 cm³/mol. The summed E-state index contributed by atoms with van der Waals surface area (Å²) in [4.78, 5) is 28.6. The van der Waals surface area contributed by atoms with Crippen LogP contribution in [0.15, 0.2) is 59.6 Å². The van der Waals surface area contributed by atoms with Crippen LogP contribution in [0.3, 0.4) is 0 Å². The van der Waals surface area contributed by atoms with Gasteiger partial charge in [-0.3, -0.25) is 9.59 Å². The van der Waals surface area contributed by atoms with Gasteiger partial charge in [0.2, 0.25) is 11.8 Å². The highest BCUT2D eigenvalue weighted by atomic mass is 32.2. The van der Waals surface area contributed by atoms with Gasteiger partial charge in [-0.15, -0.1) is 11.8 Å². The zero-order valence-corrected chi connectivity index (χ0v) is 16.9. The molecule has 3 N–H and O–H groups in total. The van der Waals surface area contributed by atoms with Crippen LogP contribution in [0.2, 0.25) is 0 Å². The molecule has 3 rings (SSSR count). The zero-order chi connectivity index (χ0) is 19.9. The maximum absolute atomic E-state index is 12.6. The van der Waals surface area contributed by atoms with E-state index in [2.05, 4.69) is 22.5 Å². The molecule has 0 aliphatic carbocycles. The molecule has 0 aliphatic heterocycles. The summed E-state index contributed by atoms with van der Waals surface area (Å²) >= 11 is 1.46. The highest BCUT2D eigenvalue weighted by Crippen LogP contribution is 2.27. The molecule has 1 aromatic heterocycles. The van der Waals surface area contributed by atoms with Crippen molar-refractivity contribution in [3.63, 3.8) is 0 Å². The smallest absolute Gasteiger partial charge is 0.237 e. The minimum atomic E-state index is -0.273. The average Bonchev–Trinajstić information content (AvgIpc) is 3.14. The Bertz CT molecular complexity index is 967. The highest BCUT2D eigenvalue weighted by molar-refractivity contribution is 8.00. The third-order valence-corrected chi connectivity index (χ3v) is 5.47. The number of carbonyl (C=O) groups excluding carboxylic acids is 2. The van der Waals surface area contributed by atoms with Crippen LogP contribution in [0.5, 0.6) is 0 Å². The lowest BCUT2D eigenvalue weighted by molar-refractivity contribution is -0.116. The minimum Gasteiger partial charge on any atom is -0.361 e. The number of hydrogen-bond donors (Lipinski definition) is 3. The molecule has 1 heterocycles. The number of anilines is 2. The lowest BCUT2D eigenvalue weighted by Crippen LogP contribution is -2.22. The molecular weight excluding hydrogens is 370 g/mol. The molecule has 0 saturated carbocycles. The number of nitrogens with one attached hydrogen (secondary N) is 3. The van der Waals surface area contributed by atoms with Crippen molar-refractivity contribution in [3.05, 3.63) is 54.7 Å². The van der Waals surface area contributed by atoms with E-state index in [0.29, 0.717) is 6.42 Å². The number of amides is 2. The molecule has 2 aromatic carbocycles. The minimum absolute atomic E-state index is 0.0227. The van der Waals surface area contributed by atoms with Gasteiger partial charge < -0.3 is 15.6 Å². The molecule has 3 aromatic rings. The van der Waals surface area contributed by atoms with Gasteiger partial charge in [-0.05, 0) is 55.1 Å². The van der Waals surface area contributed by atoms with Gasteiger partial charge in [0.05, 0.1) is 5.25 Å². The van der Waals surface area contributed by atoms with Crippen molar-refractivity contribution >= 4 is 45.9 Å². The SMILES string of the molecule is CCCCC(=O)Nc1cccc(SC(C)C(=O)Nc2ccc3cc[nH]c3c2)c1. The van der Waals surface area contributed by atoms with E-state index in [4.69, 9.17) is 0 Å². The first-order chi connectivity index (χ1) is 13.5. The zero-order valence-electron chi connectivity index (χ0n) is 16.1. The van der Waals surface area contributed by atoms with Crippen LogP contribution in [0.25, 0.3) is 10.9 Å². The van der Waals surface area contributed by atoms with E-state index < -0.39 is 0 Å². The maximum Gasteiger partial charge on any atom is 0.237 e. The van der Waals surface area contributed by atoms with Crippen LogP contribution in [0.1, 0.15) is 33.1 Å². The Labute approximate surface area is 169 Å². The van der Waals surface area contributed by atoms with Crippen LogP contribution < -0.4 is 10.6 Å². The van der Waals surface area contributed by atoms with E-state index in [0.717, 1.165) is 40.0 Å². The number of aromatic nitrogens is 1. The number of aromatic amines is 1. The Morgan fingerprint density at radius 2 is 1.89 bits per heavy atom. The summed E-state index contributed by atoms with van der Waals surface area (Å²) in [6, 6.07) is 15.4. The summed E-state index contributed by atoms with van der Waals surface area (Å²) < 4.78 is 0. The fourth-order valence-electron chi connectivity index (χ4n) is 2.84. The Balaban J connectivity index is 1.58. The molecule has 0 fully saturated rings. The molecule has 0 radical (unpaired) electrons. The summed E-state index contributed by atoms with van der Waals surface area (Å²) in [7, 11) is 0. The number of rotatable bonds is 8. The average molecular weight is 396 g/mol. The van der Waals surface area contributed by atoms with Gasteiger partial charge in [-0.2, -0.15) is 0 Å². The molecule has 0 saturated heterocycles. The normalized spacial score (nSPS) is 11.9. The number of unbranched alkanes of at least 4 members (excludes halogenated alkanes) is 1. The van der Waals surface area contributed by atoms with Crippen molar-refractivity contribution in [3.8, 4) is 0 Å². The lowest BCUT2D eigenvalue weighted by atomic mass is 10.2. The van der Waals surface area contributed by atoms with Crippen LogP contribution >= 0.6 is 11.8 Å². The van der Waals surface area contributed by atoms with Crippen molar-refractivity contribution in [2.75, 3.05) is 10.6 Å². The summed E-state index contributed by atoms with van der Waals surface area (Å²) in [5.41, 5.74) is 2.52. The molecular formula is C22H25N3O2S. The molecule has 28 heavy (non-hydrogen) atoms. The number of benzene rings is 2. The Morgan fingerprint density at radius 3 is 2.71 bits per heavy atom. The Hall–Kier alpha value is -2.73. The second-order valence-electron chi connectivity index (χ2n) is 6.71. The van der Waals surface area contributed by atoms with Crippen molar-refractivity contribution in [1.29, 1.82) is 0 Å². The van der Waals surface area contributed by atoms with Gasteiger partial charge in [0.1, 0.15) is 0 Å². The number of fused-ring (bicyclic) bond motifs is 1. The molecule has 6 heteroatoms. The summed E-state index contributed by atoms with van der Waals surface area (Å²) in [5.74, 6) is -0.0391. The first kappa shape index (κ1) is 20.0. The molecule has 0 aliphatic rings. The number of carbonyl (C=O) groups is 2. The number of H-pyrrole nitrogens is 1. The van der Waals surface area contributed by atoms with Crippen molar-refractivity contribution in [2.24, 2.45) is 0 Å². The highest BCUT2D eigenvalue weighted by Gasteiger charge is 2.15. The van der Waals surface area contributed by atoms with Gasteiger partial charge in [0.15, 0.2) is 0 Å². The lowest BCUT2D eigenvalue weighted by Gasteiger charge is -2.13. The van der Waals surface area contributed by atoms with Crippen molar-refractivity contribution < 1.29 is 9.59 Å². The monoisotopic (exact) mass is 395 g/mol. The van der Waals surface area contributed by atoms with Gasteiger partial charge >= 0.3 is 0 Å². The molecule has 0 spiro atoms. The summed E-state index contributed by atoms with van der Waals surface area (Å²) in [6.45, 7) is 3.94. The van der Waals surface area contributed by atoms with E-state index in [1.165, 1.54) is 11.8 Å². The Kier molecular flexibility index (Phi) is 6.76. The van der Waals surface area contributed by atoms with Crippen LogP contribution in [0.4, 0.5) is 11.4 Å². The summed E-state index contributed by atoms with van der Waals surface area (Å²) in [5, 5.41) is 6.72. The first-order valence-electron chi connectivity index (χ1n) is 9.49. The molecule has 146 valence electrons. The van der Waals surface area contributed by atoms with Crippen LogP contribution in [-0.4, -0.2) is 22.0 Å². The van der Waals surface area contributed by atoms with Crippen LogP contribution in [0, 0.1) is 0 Å². The third kappa shape index (κ3) is 5.39. The number of hydrogen-bond acceptors (Lipinski definition) is 3. The van der Waals surface area contributed by atoms with Gasteiger partial charge in [0.25, 0.3) is 0 Å². The van der Waals surface area contributed by atoms with Gasteiger partial charge in [-0.25, -0.2) is 0 Å². The molecule has 2 amide bonds.